The van der Waals surface area contributed by atoms with Crippen molar-refractivity contribution < 1.29 is 53.4 Å². The van der Waals surface area contributed by atoms with Crippen LogP contribution >= 0.6 is 0 Å². The molecule has 0 aliphatic heterocycles. The van der Waals surface area contributed by atoms with Crippen LogP contribution in [0.15, 0.2) is 30.3 Å². The summed E-state index contributed by atoms with van der Waals surface area (Å²) in [6.45, 7) is 6.65. The van der Waals surface area contributed by atoms with Gasteiger partial charge in [0, 0.05) is 45.3 Å². The summed E-state index contributed by atoms with van der Waals surface area (Å²) in [7, 11) is 0. The molecule has 0 aromatic heterocycles. The van der Waals surface area contributed by atoms with Crippen molar-refractivity contribution in [3.05, 3.63) is 35.9 Å². The van der Waals surface area contributed by atoms with Crippen LogP contribution in [-0.4, -0.2) is 120 Å². The molecule has 348 valence electrons. The third-order valence-electron chi connectivity index (χ3n) is 9.47. The van der Waals surface area contributed by atoms with Gasteiger partial charge < -0.3 is 58.9 Å². The third-order valence-corrected chi connectivity index (χ3v) is 9.47. The van der Waals surface area contributed by atoms with Gasteiger partial charge in [-0.1, -0.05) is 57.5 Å². The van der Waals surface area contributed by atoms with E-state index in [1.807, 2.05) is 51.1 Å². The highest BCUT2D eigenvalue weighted by molar-refractivity contribution is 5.95. The second kappa shape index (κ2) is 31.3. The maximum Gasteiger partial charge on any atom is 0.305 e. The number of carbonyl (C=O) groups excluding carboxylic acids is 7. The van der Waals surface area contributed by atoms with E-state index >= 15 is 0 Å². The van der Waals surface area contributed by atoms with Crippen LogP contribution in [0.1, 0.15) is 110 Å². The van der Waals surface area contributed by atoms with Gasteiger partial charge in [0.25, 0.3) is 0 Å². The molecule has 0 radical (unpaired) electrons. The smallest absolute Gasteiger partial charge is 0.305 e. The first kappa shape index (κ1) is 54.4. The van der Waals surface area contributed by atoms with Crippen LogP contribution in [0.25, 0.3) is 0 Å². The number of carboxylic acid groups (broad SMARTS) is 2. The SMILES string of the molecule is CCCNC(=O)CCNC(=O)[C@H](Cc1ccccc1)NC(=O)[C@H](CCCCN)NC(=O)CCCCCNC(=O)[C@H](CC(=O)O)NC(=O)[C@H](CCC(=O)O)NC(=O)[C@@H](N)CC(C)C. The third kappa shape index (κ3) is 24.6. The van der Waals surface area contributed by atoms with E-state index in [2.05, 4.69) is 37.2 Å². The van der Waals surface area contributed by atoms with Gasteiger partial charge >= 0.3 is 11.9 Å². The highest BCUT2D eigenvalue weighted by Gasteiger charge is 2.30. The van der Waals surface area contributed by atoms with Crippen LogP contribution in [0.5, 0.6) is 0 Å². The lowest BCUT2D eigenvalue weighted by Gasteiger charge is -2.24. The minimum atomic E-state index is -1.54. The molecule has 20 heteroatoms. The number of hydrogen-bond acceptors (Lipinski definition) is 11. The molecule has 0 saturated heterocycles. The van der Waals surface area contributed by atoms with Gasteiger partial charge in [0.15, 0.2) is 0 Å². The number of carboxylic acids is 2. The second-order valence-electron chi connectivity index (χ2n) is 15.5. The molecule has 0 aliphatic carbocycles. The predicted octanol–water partition coefficient (Wildman–Crippen LogP) is -0.281. The summed E-state index contributed by atoms with van der Waals surface area (Å²) in [6, 6.07) is 3.21. The zero-order valence-corrected chi connectivity index (χ0v) is 36.3. The maximum atomic E-state index is 13.6. The van der Waals surface area contributed by atoms with E-state index in [4.69, 9.17) is 16.6 Å². The van der Waals surface area contributed by atoms with Crippen LogP contribution in [0.3, 0.4) is 0 Å². The van der Waals surface area contributed by atoms with Gasteiger partial charge in [0.1, 0.15) is 24.2 Å². The van der Waals surface area contributed by atoms with Crippen molar-refractivity contribution in [3.8, 4) is 0 Å². The molecular formula is C42H69N9O11. The molecule has 13 N–H and O–H groups in total. The van der Waals surface area contributed by atoms with Crippen molar-refractivity contribution in [2.24, 2.45) is 17.4 Å². The summed E-state index contributed by atoms with van der Waals surface area (Å²) in [5.74, 6) is -6.69. The van der Waals surface area contributed by atoms with Crippen molar-refractivity contribution >= 4 is 53.3 Å². The Balaban J connectivity index is 2.82. The molecule has 0 saturated carbocycles. The average Bonchev–Trinajstić information content (AvgIpc) is 3.21. The van der Waals surface area contributed by atoms with E-state index in [9.17, 15) is 48.3 Å². The molecule has 0 spiro atoms. The first-order valence-electron chi connectivity index (χ1n) is 21.4. The standard InChI is InChI=1S/C42H69N9O11/c1-4-21-45-34(52)19-23-47-39(59)32(25-28-13-7-5-8-14-28)50-41(61)30(15-10-11-20-43)48-35(53)16-9-6-12-22-46-40(60)33(26-37(56)57)51-42(62)31(17-18-36(54)55)49-38(58)29(44)24-27(2)3/h5,7-8,13-14,27,29-33H,4,6,9-12,15-26,43-44H2,1-3H3,(H,45,52)(H,46,60)(H,47,59)(H,48,53)(H,49,58)(H,50,61)(H,51,62)(H,54,55)(H,56,57)/t29-,30-,31-,32-,33-/m0/s1. The molecule has 0 unspecified atom stereocenters. The summed E-state index contributed by atoms with van der Waals surface area (Å²) in [6.07, 6.45) is 2.31. The van der Waals surface area contributed by atoms with Crippen molar-refractivity contribution in [1.82, 2.24) is 37.2 Å². The van der Waals surface area contributed by atoms with E-state index in [0.717, 1.165) is 12.0 Å². The molecule has 1 rings (SSSR count). The summed E-state index contributed by atoms with van der Waals surface area (Å²) in [4.78, 5) is 113. The van der Waals surface area contributed by atoms with Crippen LogP contribution in [0, 0.1) is 5.92 Å². The minimum absolute atomic E-state index is 0.0324. The monoisotopic (exact) mass is 876 g/mol. The fourth-order valence-electron chi connectivity index (χ4n) is 6.14. The molecule has 1 aromatic carbocycles. The Morgan fingerprint density at radius 3 is 1.81 bits per heavy atom. The Morgan fingerprint density at radius 2 is 1.19 bits per heavy atom. The zero-order chi connectivity index (χ0) is 46.5. The maximum absolute atomic E-state index is 13.6. The summed E-state index contributed by atoms with van der Waals surface area (Å²) in [5.41, 5.74) is 12.4. The van der Waals surface area contributed by atoms with Crippen LogP contribution in [-0.2, 0) is 49.6 Å². The molecule has 62 heavy (non-hydrogen) atoms. The lowest BCUT2D eigenvalue weighted by molar-refractivity contribution is -0.141. The van der Waals surface area contributed by atoms with Gasteiger partial charge in [0.05, 0.1) is 12.5 Å². The molecule has 20 nitrogen and oxygen atoms in total. The van der Waals surface area contributed by atoms with Crippen LogP contribution in [0.2, 0.25) is 0 Å². The number of carbonyl (C=O) groups is 9. The van der Waals surface area contributed by atoms with Gasteiger partial charge in [-0.3, -0.25) is 43.2 Å². The minimum Gasteiger partial charge on any atom is -0.481 e. The van der Waals surface area contributed by atoms with Crippen molar-refractivity contribution in [1.29, 1.82) is 0 Å². The van der Waals surface area contributed by atoms with Gasteiger partial charge in [0.2, 0.25) is 41.4 Å². The van der Waals surface area contributed by atoms with Crippen molar-refractivity contribution in [2.75, 3.05) is 26.2 Å². The molecule has 5 atom stereocenters. The Labute approximate surface area is 363 Å². The van der Waals surface area contributed by atoms with Crippen LogP contribution in [0.4, 0.5) is 0 Å². The van der Waals surface area contributed by atoms with Gasteiger partial charge in [-0.05, 0) is 69.4 Å². The summed E-state index contributed by atoms with van der Waals surface area (Å²) < 4.78 is 0. The second-order valence-corrected chi connectivity index (χ2v) is 15.5. The number of nitrogens with one attached hydrogen (secondary N) is 7. The molecule has 7 amide bonds. The Kier molecular flexibility index (Phi) is 27.4. The van der Waals surface area contributed by atoms with Crippen molar-refractivity contribution in [2.45, 2.75) is 141 Å². The number of rotatable bonds is 33. The molecular weight excluding hydrogens is 807 g/mol. The Morgan fingerprint density at radius 1 is 0.581 bits per heavy atom. The fraction of sp³-hybridized carbons (Fsp3) is 0.643. The normalized spacial score (nSPS) is 13.3. The number of benzene rings is 1. The molecule has 0 heterocycles. The van der Waals surface area contributed by atoms with Gasteiger partial charge in [-0.2, -0.15) is 0 Å². The highest BCUT2D eigenvalue weighted by Crippen LogP contribution is 2.09. The average molecular weight is 876 g/mol. The first-order valence-corrected chi connectivity index (χ1v) is 21.4. The molecule has 0 fully saturated rings. The fourth-order valence-corrected chi connectivity index (χ4v) is 6.14. The number of nitrogens with two attached hydrogens (primary N) is 2. The van der Waals surface area contributed by atoms with Crippen LogP contribution < -0.4 is 48.7 Å². The molecule has 1 aromatic rings. The summed E-state index contributed by atoms with van der Waals surface area (Å²) in [5, 5.41) is 36.9. The lowest BCUT2D eigenvalue weighted by Crippen LogP contribution is -2.56. The van der Waals surface area contributed by atoms with E-state index < -0.39 is 90.4 Å². The van der Waals surface area contributed by atoms with Crippen molar-refractivity contribution in [3.63, 3.8) is 0 Å². The number of hydrogen-bond donors (Lipinski definition) is 11. The van der Waals surface area contributed by atoms with E-state index in [0.29, 0.717) is 51.6 Å². The largest absolute Gasteiger partial charge is 0.481 e. The van der Waals surface area contributed by atoms with Gasteiger partial charge in [-0.15, -0.1) is 0 Å². The van der Waals surface area contributed by atoms with E-state index in [1.165, 1.54) is 0 Å². The number of unbranched alkanes of at least 4 members (excludes halogenated alkanes) is 3. The van der Waals surface area contributed by atoms with E-state index in [1.54, 1.807) is 0 Å². The lowest BCUT2D eigenvalue weighted by atomic mass is 10.0. The zero-order valence-electron chi connectivity index (χ0n) is 36.3. The Bertz CT molecular complexity index is 1600. The first-order chi connectivity index (χ1) is 29.5. The van der Waals surface area contributed by atoms with E-state index in [-0.39, 0.29) is 57.0 Å². The van der Waals surface area contributed by atoms with Gasteiger partial charge in [-0.25, -0.2) is 0 Å². The quantitative estimate of drug-likeness (QED) is 0.0406. The molecule has 0 aliphatic rings. The Hall–Kier alpha value is -5.63. The highest BCUT2D eigenvalue weighted by atomic mass is 16.4. The topological polar surface area (TPSA) is 330 Å². The number of amides is 7. The summed E-state index contributed by atoms with van der Waals surface area (Å²) >= 11 is 0. The predicted molar refractivity (Wildman–Crippen MR) is 230 cm³/mol. The number of aliphatic carboxylic acids is 2. The molecule has 0 bridgehead atoms.